The summed E-state index contributed by atoms with van der Waals surface area (Å²) in [7, 11) is 3.37. The van der Waals surface area contributed by atoms with Gasteiger partial charge in [-0.1, -0.05) is 24.3 Å². The van der Waals surface area contributed by atoms with Crippen molar-refractivity contribution in [1.82, 2.24) is 14.5 Å². The fraction of sp³-hybridized carbons (Fsp3) is 0.308. The van der Waals surface area contributed by atoms with Gasteiger partial charge in [0, 0.05) is 35.6 Å². The highest BCUT2D eigenvalue weighted by Gasteiger charge is 2.15. The average molecular weight is 429 g/mol. The van der Waals surface area contributed by atoms with Crippen LogP contribution in [0.1, 0.15) is 18.4 Å². The fourth-order valence-corrected chi connectivity index (χ4v) is 4.59. The second-order valence-electron chi connectivity index (χ2n) is 8.10. The van der Waals surface area contributed by atoms with Gasteiger partial charge in [0.2, 0.25) is 5.95 Å². The number of hydrogen-bond donors (Lipinski definition) is 0. The number of para-hydroxylation sites is 2. The maximum absolute atomic E-state index is 5.64. The van der Waals surface area contributed by atoms with Gasteiger partial charge in [0.1, 0.15) is 11.5 Å². The molecule has 3 aromatic carbocycles. The molecule has 2 heterocycles. The Hall–Kier alpha value is -3.38. The predicted molar refractivity (Wildman–Crippen MR) is 130 cm³/mol. The van der Waals surface area contributed by atoms with E-state index in [1.54, 1.807) is 14.2 Å². The molecule has 164 valence electrons. The molecule has 0 bridgehead atoms. The van der Waals surface area contributed by atoms with E-state index >= 15 is 0 Å². The smallest absolute Gasteiger partial charge is 0.230 e. The second kappa shape index (κ2) is 9.01. The van der Waals surface area contributed by atoms with Gasteiger partial charge in [-0.25, -0.2) is 9.98 Å². The van der Waals surface area contributed by atoms with Gasteiger partial charge in [-0.2, -0.15) is 0 Å². The lowest BCUT2D eigenvalue weighted by molar-refractivity contribution is 0.325. The summed E-state index contributed by atoms with van der Waals surface area (Å²) in [5.41, 5.74) is 3.06. The first-order valence-corrected chi connectivity index (χ1v) is 11.1. The molecule has 0 saturated carbocycles. The first kappa shape index (κ1) is 20.5. The Labute approximate surface area is 188 Å². The molecule has 0 amide bonds. The summed E-state index contributed by atoms with van der Waals surface area (Å²) in [6.07, 6.45) is 4.47. The van der Waals surface area contributed by atoms with Crippen molar-refractivity contribution in [2.45, 2.75) is 19.4 Å². The lowest BCUT2D eigenvalue weighted by atomic mass is 10.0. The standard InChI is InChI=1S/C26H28N4O2/c1-31-23-13-12-19(25-20(23)8-7-11-24(25)32-2)18-27-26-28-21-9-3-4-10-22(21)30(26)17-16-29-14-5-6-15-29/h3-4,7-13,18H,5-6,14-17H2,1-2H3/b27-18+. The van der Waals surface area contributed by atoms with E-state index < -0.39 is 0 Å². The van der Waals surface area contributed by atoms with Gasteiger partial charge in [-0.3, -0.25) is 0 Å². The molecule has 5 rings (SSSR count). The van der Waals surface area contributed by atoms with Crippen molar-refractivity contribution in [1.29, 1.82) is 0 Å². The van der Waals surface area contributed by atoms with Crippen molar-refractivity contribution in [3.8, 4) is 11.5 Å². The van der Waals surface area contributed by atoms with E-state index in [4.69, 9.17) is 19.5 Å². The van der Waals surface area contributed by atoms with Crippen LogP contribution in [0.4, 0.5) is 5.95 Å². The monoisotopic (exact) mass is 428 g/mol. The molecular formula is C26H28N4O2. The lowest BCUT2D eigenvalue weighted by Gasteiger charge is -2.15. The van der Waals surface area contributed by atoms with Crippen LogP contribution in [0, 0.1) is 0 Å². The van der Waals surface area contributed by atoms with Crippen LogP contribution in [0.15, 0.2) is 59.6 Å². The van der Waals surface area contributed by atoms with Crippen molar-refractivity contribution < 1.29 is 9.47 Å². The Morgan fingerprint density at radius 2 is 1.72 bits per heavy atom. The number of rotatable bonds is 7. The quantitative estimate of drug-likeness (QED) is 0.387. The third-order valence-electron chi connectivity index (χ3n) is 6.23. The Morgan fingerprint density at radius 1 is 0.906 bits per heavy atom. The lowest BCUT2D eigenvalue weighted by Crippen LogP contribution is -2.24. The van der Waals surface area contributed by atoms with Crippen molar-refractivity contribution in [3.63, 3.8) is 0 Å². The summed E-state index contributed by atoms with van der Waals surface area (Å²) in [6, 6.07) is 18.2. The summed E-state index contributed by atoms with van der Waals surface area (Å²) in [4.78, 5) is 12.2. The second-order valence-corrected chi connectivity index (χ2v) is 8.10. The number of benzene rings is 3. The zero-order chi connectivity index (χ0) is 21.9. The molecule has 1 aromatic heterocycles. The van der Waals surface area contributed by atoms with Gasteiger partial charge >= 0.3 is 0 Å². The van der Waals surface area contributed by atoms with Crippen LogP contribution in [-0.4, -0.2) is 54.5 Å². The summed E-state index contributed by atoms with van der Waals surface area (Å²) in [5, 5.41) is 1.98. The zero-order valence-corrected chi connectivity index (χ0v) is 18.6. The molecule has 0 N–H and O–H groups in total. The van der Waals surface area contributed by atoms with E-state index in [9.17, 15) is 0 Å². The molecule has 1 aliphatic rings. The molecular weight excluding hydrogens is 400 g/mol. The molecule has 6 heteroatoms. The highest BCUT2D eigenvalue weighted by Crippen LogP contribution is 2.34. The molecule has 0 aliphatic carbocycles. The van der Waals surface area contributed by atoms with E-state index in [2.05, 4.69) is 21.6 Å². The molecule has 1 saturated heterocycles. The summed E-state index contributed by atoms with van der Waals surface area (Å²) < 4.78 is 13.4. The molecule has 6 nitrogen and oxygen atoms in total. The molecule has 0 spiro atoms. The van der Waals surface area contributed by atoms with Gasteiger partial charge in [-0.15, -0.1) is 0 Å². The van der Waals surface area contributed by atoms with E-state index in [0.29, 0.717) is 0 Å². The number of imidazole rings is 1. The van der Waals surface area contributed by atoms with E-state index in [1.165, 1.54) is 25.9 Å². The van der Waals surface area contributed by atoms with Crippen molar-refractivity contribution in [3.05, 3.63) is 60.2 Å². The van der Waals surface area contributed by atoms with Crippen LogP contribution in [-0.2, 0) is 6.54 Å². The van der Waals surface area contributed by atoms with Crippen molar-refractivity contribution >= 4 is 34.0 Å². The molecule has 4 aromatic rings. The number of ether oxygens (including phenoxy) is 2. The fourth-order valence-electron chi connectivity index (χ4n) is 4.59. The summed E-state index contributed by atoms with van der Waals surface area (Å²) in [5.74, 6) is 2.34. The van der Waals surface area contributed by atoms with Crippen LogP contribution in [0.5, 0.6) is 11.5 Å². The molecule has 0 unspecified atom stereocenters. The number of methoxy groups -OCH3 is 2. The third-order valence-corrected chi connectivity index (χ3v) is 6.23. The van der Waals surface area contributed by atoms with Crippen LogP contribution in [0.2, 0.25) is 0 Å². The molecule has 1 fully saturated rings. The van der Waals surface area contributed by atoms with E-state index in [-0.39, 0.29) is 0 Å². The summed E-state index contributed by atoms with van der Waals surface area (Å²) >= 11 is 0. The largest absolute Gasteiger partial charge is 0.496 e. The number of likely N-dealkylation sites (tertiary alicyclic amines) is 1. The molecule has 32 heavy (non-hydrogen) atoms. The van der Waals surface area contributed by atoms with Gasteiger partial charge in [0.05, 0.1) is 25.3 Å². The van der Waals surface area contributed by atoms with E-state index in [0.717, 1.165) is 57.9 Å². The zero-order valence-electron chi connectivity index (χ0n) is 18.6. The maximum atomic E-state index is 5.64. The predicted octanol–water partition coefficient (Wildman–Crippen LogP) is 5.05. The van der Waals surface area contributed by atoms with Gasteiger partial charge in [0.25, 0.3) is 0 Å². The number of aliphatic imine (C=N–C) groups is 1. The van der Waals surface area contributed by atoms with Crippen molar-refractivity contribution in [2.24, 2.45) is 4.99 Å². The van der Waals surface area contributed by atoms with Gasteiger partial charge in [0.15, 0.2) is 0 Å². The first-order chi connectivity index (χ1) is 15.8. The normalized spacial score (nSPS) is 14.7. The Balaban J connectivity index is 1.55. The minimum absolute atomic E-state index is 0.726. The highest BCUT2D eigenvalue weighted by atomic mass is 16.5. The topological polar surface area (TPSA) is 51.9 Å². The van der Waals surface area contributed by atoms with Crippen LogP contribution in [0.25, 0.3) is 21.8 Å². The maximum Gasteiger partial charge on any atom is 0.230 e. The minimum atomic E-state index is 0.726. The molecule has 1 aliphatic heterocycles. The van der Waals surface area contributed by atoms with Gasteiger partial charge in [-0.05, 0) is 56.3 Å². The highest BCUT2D eigenvalue weighted by molar-refractivity contribution is 6.06. The number of hydrogen-bond acceptors (Lipinski definition) is 5. The number of aromatic nitrogens is 2. The van der Waals surface area contributed by atoms with Crippen LogP contribution in [0.3, 0.4) is 0 Å². The molecule has 0 atom stereocenters. The average Bonchev–Trinajstić information content (AvgIpc) is 3.48. The summed E-state index contributed by atoms with van der Waals surface area (Å²) in [6.45, 7) is 4.26. The van der Waals surface area contributed by atoms with Crippen LogP contribution < -0.4 is 9.47 Å². The minimum Gasteiger partial charge on any atom is -0.496 e. The number of fused-ring (bicyclic) bond motifs is 2. The molecule has 0 radical (unpaired) electrons. The Morgan fingerprint density at radius 3 is 2.53 bits per heavy atom. The van der Waals surface area contributed by atoms with E-state index in [1.807, 2.05) is 48.7 Å². The van der Waals surface area contributed by atoms with Crippen LogP contribution >= 0.6 is 0 Å². The van der Waals surface area contributed by atoms with Gasteiger partial charge < -0.3 is 18.9 Å². The Kier molecular flexibility index (Phi) is 5.77. The first-order valence-electron chi connectivity index (χ1n) is 11.1. The SMILES string of the molecule is COc1ccc(/C=N/c2nc3ccccc3n2CCN2CCCC2)c2c(OC)cccc12. The van der Waals surface area contributed by atoms with Crippen molar-refractivity contribution in [2.75, 3.05) is 33.9 Å². The number of nitrogens with zero attached hydrogens (tertiary/aromatic N) is 4. The Bertz CT molecular complexity index is 1270. The third kappa shape index (κ3) is 3.82.